The molecule has 0 atom stereocenters. The summed E-state index contributed by atoms with van der Waals surface area (Å²) in [4.78, 5) is 15.8. The Balaban J connectivity index is 2.08. The molecule has 0 spiro atoms. The fourth-order valence-electron chi connectivity index (χ4n) is 1.38. The molecular formula is C12H14N4O. The minimum absolute atomic E-state index is 0.169. The number of aromatic nitrogens is 3. The van der Waals surface area contributed by atoms with E-state index < -0.39 is 0 Å². The van der Waals surface area contributed by atoms with E-state index in [9.17, 15) is 4.79 Å². The van der Waals surface area contributed by atoms with Crippen molar-refractivity contribution < 1.29 is 4.79 Å². The fourth-order valence-corrected chi connectivity index (χ4v) is 1.38. The molecule has 0 radical (unpaired) electrons. The first-order valence-corrected chi connectivity index (χ1v) is 5.48. The molecule has 0 fully saturated rings. The van der Waals surface area contributed by atoms with Gasteiger partial charge in [0.25, 0.3) is 5.91 Å². The molecule has 0 saturated heterocycles. The number of amides is 1. The molecule has 2 rings (SSSR count). The lowest BCUT2D eigenvalue weighted by Gasteiger charge is -2.02. The molecule has 17 heavy (non-hydrogen) atoms. The van der Waals surface area contributed by atoms with Crippen LogP contribution < -0.4 is 5.32 Å². The van der Waals surface area contributed by atoms with Gasteiger partial charge >= 0.3 is 0 Å². The van der Waals surface area contributed by atoms with Crippen LogP contribution in [0.3, 0.4) is 0 Å². The molecule has 1 heterocycles. The summed E-state index contributed by atoms with van der Waals surface area (Å²) in [5.74, 6) is 0.575. The van der Waals surface area contributed by atoms with E-state index in [1.807, 2.05) is 38.1 Å². The van der Waals surface area contributed by atoms with Crippen molar-refractivity contribution in [2.75, 3.05) is 5.32 Å². The normalized spacial score (nSPS) is 10.2. The Bertz CT molecular complexity index is 516. The van der Waals surface area contributed by atoms with Crippen molar-refractivity contribution in [1.82, 2.24) is 15.2 Å². The predicted molar refractivity (Wildman–Crippen MR) is 64.9 cm³/mol. The lowest BCUT2D eigenvalue weighted by molar-refractivity contribution is 0.101. The topological polar surface area (TPSA) is 70.7 Å². The molecule has 0 saturated carbocycles. The SMILES string of the molecule is CCc1nc(C(=O)Nc2ccc(C)cc2)n[nH]1. The molecule has 0 aliphatic heterocycles. The highest BCUT2D eigenvalue weighted by molar-refractivity contribution is 6.01. The van der Waals surface area contributed by atoms with Crippen LogP contribution in [0.2, 0.25) is 0 Å². The molecule has 0 aliphatic rings. The number of aryl methyl sites for hydroxylation is 2. The number of hydrogen-bond donors (Lipinski definition) is 2. The maximum Gasteiger partial charge on any atom is 0.295 e. The summed E-state index contributed by atoms with van der Waals surface area (Å²) < 4.78 is 0. The lowest BCUT2D eigenvalue weighted by atomic mass is 10.2. The van der Waals surface area contributed by atoms with E-state index in [1.54, 1.807) is 0 Å². The number of benzene rings is 1. The molecule has 5 heteroatoms. The Morgan fingerprint density at radius 2 is 2.06 bits per heavy atom. The van der Waals surface area contributed by atoms with E-state index >= 15 is 0 Å². The van der Waals surface area contributed by atoms with E-state index in [0.717, 1.165) is 17.7 Å². The molecule has 0 unspecified atom stereocenters. The zero-order chi connectivity index (χ0) is 12.3. The second-order valence-electron chi connectivity index (χ2n) is 3.78. The second kappa shape index (κ2) is 4.78. The zero-order valence-corrected chi connectivity index (χ0v) is 9.82. The summed E-state index contributed by atoms with van der Waals surface area (Å²) in [7, 11) is 0. The number of nitrogens with zero attached hydrogens (tertiary/aromatic N) is 2. The van der Waals surface area contributed by atoms with Gasteiger partial charge in [-0.15, -0.1) is 5.10 Å². The molecule has 2 N–H and O–H groups in total. The number of hydrogen-bond acceptors (Lipinski definition) is 3. The average Bonchev–Trinajstić information content (AvgIpc) is 2.81. The van der Waals surface area contributed by atoms with Gasteiger partial charge < -0.3 is 5.32 Å². The number of carbonyl (C=O) groups excluding carboxylic acids is 1. The minimum Gasteiger partial charge on any atom is -0.319 e. The first-order chi connectivity index (χ1) is 8.19. The Hall–Kier alpha value is -2.17. The molecule has 1 amide bonds. The Morgan fingerprint density at radius 1 is 1.35 bits per heavy atom. The van der Waals surface area contributed by atoms with Crippen molar-refractivity contribution in [2.45, 2.75) is 20.3 Å². The van der Waals surface area contributed by atoms with Crippen LogP contribution in [0, 0.1) is 6.92 Å². The molecule has 0 aliphatic carbocycles. The number of anilines is 1. The summed E-state index contributed by atoms with van der Waals surface area (Å²) in [5, 5.41) is 9.30. The van der Waals surface area contributed by atoms with Crippen LogP contribution >= 0.6 is 0 Å². The van der Waals surface area contributed by atoms with Crippen molar-refractivity contribution >= 4 is 11.6 Å². The third kappa shape index (κ3) is 2.69. The van der Waals surface area contributed by atoms with Gasteiger partial charge in [0.05, 0.1) is 0 Å². The van der Waals surface area contributed by atoms with E-state index in [0.29, 0.717) is 5.82 Å². The first-order valence-electron chi connectivity index (χ1n) is 5.48. The van der Waals surface area contributed by atoms with Gasteiger partial charge in [0.15, 0.2) is 0 Å². The molecule has 5 nitrogen and oxygen atoms in total. The maximum absolute atomic E-state index is 11.8. The van der Waals surface area contributed by atoms with Crippen molar-refractivity contribution in [3.63, 3.8) is 0 Å². The highest BCUT2D eigenvalue weighted by Gasteiger charge is 2.11. The molecule has 2 aromatic rings. The standard InChI is InChI=1S/C12H14N4O/c1-3-10-14-11(16-15-10)12(17)13-9-6-4-8(2)5-7-9/h4-7H,3H2,1-2H3,(H,13,17)(H,14,15,16). The van der Waals surface area contributed by atoms with Gasteiger partial charge in [0, 0.05) is 12.1 Å². The van der Waals surface area contributed by atoms with Crippen molar-refractivity contribution in [1.29, 1.82) is 0 Å². The van der Waals surface area contributed by atoms with Crippen LogP contribution in [0.4, 0.5) is 5.69 Å². The number of rotatable bonds is 3. The van der Waals surface area contributed by atoms with E-state index in [2.05, 4.69) is 20.5 Å². The van der Waals surface area contributed by atoms with Gasteiger partial charge in [0.2, 0.25) is 5.82 Å². The second-order valence-corrected chi connectivity index (χ2v) is 3.78. The number of H-pyrrole nitrogens is 1. The van der Waals surface area contributed by atoms with Crippen LogP contribution in [0.5, 0.6) is 0 Å². The third-order valence-corrected chi connectivity index (χ3v) is 2.38. The molecular weight excluding hydrogens is 216 g/mol. The number of aromatic amines is 1. The van der Waals surface area contributed by atoms with E-state index in [1.165, 1.54) is 0 Å². The van der Waals surface area contributed by atoms with Crippen LogP contribution in [0.15, 0.2) is 24.3 Å². The maximum atomic E-state index is 11.8. The summed E-state index contributed by atoms with van der Waals surface area (Å²) in [6.45, 7) is 3.94. The molecule has 1 aromatic heterocycles. The fraction of sp³-hybridized carbons (Fsp3) is 0.250. The van der Waals surface area contributed by atoms with Crippen LogP contribution in [-0.4, -0.2) is 21.1 Å². The van der Waals surface area contributed by atoms with Crippen LogP contribution in [-0.2, 0) is 6.42 Å². The highest BCUT2D eigenvalue weighted by Crippen LogP contribution is 2.09. The summed E-state index contributed by atoms with van der Waals surface area (Å²) in [5.41, 5.74) is 1.89. The van der Waals surface area contributed by atoms with Gasteiger partial charge in [-0.1, -0.05) is 24.6 Å². The average molecular weight is 230 g/mol. The molecule has 88 valence electrons. The molecule has 1 aromatic carbocycles. The Kier molecular flexibility index (Phi) is 3.18. The highest BCUT2D eigenvalue weighted by atomic mass is 16.2. The zero-order valence-electron chi connectivity index (χ0n) is 9.82. The largest absolute Gasteiger partial charge is 0.319 e. The van der Waals surface area contributed by atoms with Gasteiger partial charge in [-0.25, -0.2) is 4.98 Å². The number of nitrogens with one attached hydrogen (secondary N) is 2. The number of carbonyl (C=O) groups is 1. The molecule has 0 bridgehead atoms. The van der Waals surface area contributed by atoms with Crippen LogP contribution in [0.25, 0.3) is 0 Å². The van der Waals surface area contributed by atoms with Crippen molar-refractivity contribution in [2.24, 2.45) is 0 Å². The monoisotopic (exact) mass is 230 g/mol. The minimum atomic E-state index is -0.301. The summed E-state index contributed by atoms with van der Waals surface area (Å²) >= 11 is 0. The quantitative estimate of drug-likeness (QED) is 0.846. The van der Waals surface area contributed by atoms with Gasteiger partial charge in [-0.3, -0.25) is 9.89 Å². The van der Waals surface area contributed by atoms with Gasteiger partial charge in [-0.2, -0.15) is 0 Å². The Morgan fingerprint density at radius 3 is 2.65 bits per heavy atom. The van der Waals surface area contributed by atoms with Crippen molar-refractivity contribution in [3.8, 4) is 0 Å². The Labute approximate surface area is 99.3 Å². The lowest BCUT2D eigenvalue weighted by Crippen LogP contribution is -2.13. The van der Waals surface area contributed by atoms with Gasteiger partial charge in [-0.05, 0) is 19.1 Å². The summed E-state index contributed by atoms with van der Waals surface area (Å²) in [6, 6.07) is 7.57. The van der Waals surface area contributed by atoms with E-state index in [-0.39, 0.29) is 11.7 Å². The first kappa shape index (κ1) is 11.3. The van der Waals surface area contributed by atoms with Gasteiger partial charge in [0.1, 0.15) is 5.82 Å². The predicted octanol–water partition coefficient (Wildman–Crippen LogP) is 1.93. The van der Waals surface area contributed by atoms with Crippen LogP contribution in [0.1, 0.15) is 28.9 Å². The van der Waals surface area contributed by atoms with Crippen molar-refractivity contribution in [3.05, 3.63) is 41.5 Å². The third-order valence-electron chi connectivity index (χ3n) is 2.38. The smallest absolute Gasteiger partial charge is 0.295 e. The van der Waals surface area contributed by atoms with E-state index in [4.69, 9.17) is 0 Å². The summed E-state index contributed by atoms with van der Waals surface area (Å²) in [6.07, 6.45) is 0.727.